The minimum absolute atomic E-state index is 0.0612. The number of aromatic nitrogens is 4. The summed E-state index contributed by atoms with van der Waals surface area (Å²) in [6.45, 7) is 0. The van der Waals surface area contributed by atoms with Gasteiger partial charge in [-0.1, -0.05) is 42.1 Å². The second-order valence-electron chi connectivity index (χ2n) is 8.01. The molecule has 13 heteroatoms. The second kappa shape index (κ2) is 11.7. The van der Waals surface area contributed by atoms with Gasteiger partial charge in [-0.2, -0.15) is 0 Å². The van der Waals surface area contributed by atoms with Crippen molar-refractivity contribution in [2.24, 2.45) is 0 Å². The third kappa shape index (κ3) is 6.28. The van der Waals surface area contributed by atoms with E-state index in [1.165, 1.54) is 53.6 Å². The summed E-state index contributed by atoms with van der Waals surface area (Å²) in [6.07, 6.45) is 1.52. The molecule has 0 saturated carbocycles. The molecule has 0 saturated heterocycles. The van der Waals surface area contributed by atoms with Crippen LogP contribution in [-0.2, 0) is 14.8 Å². The highest BCUT2D eigenvalue weighted by Crippen LogP contribution is 2.29. The summed E-state index contributed by atoms with van der Waals surface area (Å²) in [5, 5.41) is 14.0. The first-order valence-corrected chi connectivity index (χ1v) is 14.9. The van der Waals surface area contributed by atoms with Crippen LogP contribution in [0.15, 0.2) is 100 Å². The Labute approximate surface area is 233 Å². The van der Waals surface area contributed by atoms with E-state index < -0.39 is 10.0 Å². The first-order chi connectivity index (χ1) is 18.9. The molecular weight excluding hydrogens is 557 g/mol. The Kier molecular flexibility index (Phi) is 7.91. The van der Waals surface area contributed by atoms with Gasteiger partial charge in [0, 0.05) is 28.5 Å². The predicted octanol–water partition coefficient (Wildman–Crippen LogP) is 4.93. The number of sulfonamides is 1. The molecule has 3 aromatic carbocycles. The van der Waals surface area contributed by atoms with Gasteiger partial charge in [0.2, 0.25) is 5.91 Å². The molecule has 0 atom stereocenters. The molecule has 0 aliphatic carbocycles. The number of benzene rings is 3. The molecule has 0 unspecified atom stereocenters. The number of ether oxygens (including phenoxy) is 1. The molecule has 0 spiro atoms. The number of amides is 1. The van der Waals surface area contributed by atoms with E-state index in [0.29, 0.717) is 16.7 Å². The molecule has 5 aromatic rings. The van der Waals surface area contributed by atoms with Crippen LogP contribution in [-0.4, -0.2) is 46.9 Å². The molecule has 0 aliphatic rings. The molecule has 0 radical (unpaired) electrons. The highest BCUT2D eigenvalue weighted by atomic mass is 32.2. The number of carbonyl (C=O) groups is 1. The maximum atomic E-state index is 12.7. The Bertz CT molecular complexity index is 1660. The highest BCUT2D eigenvalue weighted by Gasteiger charge is 2.18. The summed E-state index contributed by atoms with van der Waals surface area (Å²) >= 11 is 2.42. The fraction of sp³-hybridized carbons (Fsp3) is 0.0769. The number of methoxy groups -OCH3 is 1. The van der Waals surface area contributed by atoms with Crippen molar-refractivity contribution in [2.45, 2.75) is 10.1 Å². The smallest absolute Gasteiger partial charge is 0.263 e. The fourth-order valence-electron chi connectivity index (χ4n) is 3.59. The van der Waals surface area contributed by atoms with Crippen molar-refractivity contribution < 1.29 is 17.9 Å². The topological polar surface area (TPSA) is 128 Å². The summed E-state index contributed by atoms with van der Waals surface area (Å²) in [4.78, 5) is 16.7. The van der Waals surface area contributed by atoms with Crippen LogP contribution in [0.1, 0.15) is 0 Å². The lowest BCUT2D eigenvalue weighted by atomic mass is 10.2. The van der Waals surface area contributed by atoms with Crippen molar-refractivity contribution in [2.75, 3.05) is 22.9 Å². The Hall–Kier alpha value is -4.20. The minimum atomic E-state index is -3.78. The van der Waals surface area contributed by atoms with Crippen molar-refractivity contribution in [1.29, 1.82) is 0 Å². The van der Waals surface area contributed by atoms with Crippen molar-refractivity contribution in [1.82, 2.24) is 19.7 Å². The Morgan fingerprint density at radius 1 is 1.00 bits per heavy atom. The molecule has 2 N–H and O–H groups in total. The van der Waals surface area contributed by atoms with Crippen LogP contribution in [0.2, 0.25) is 0 Å². The Morgan fingerprint density at radius 2 is 1.74 bits per heavy atom. The van der Waals surface area contributed by atoms with Gasteiger partial charge >= 0.3 is 0 Å². The minimum Gasteiger partial charge on any atom is -0.497 e. The van der Waals surface area contributed by atoms with Gasteiger partial charge in [-0.05, 0) is 48.5 Å². The lowest BCUT2D eigenvalue weighted by Gasteiger charge is -2.11. The van der Waals surface area contributed by atoms with Crippen molar-refractivity contribution in [3.05, 3.63) is 90.4 Å². The van der Waals surface area contributed by atoms with Crippen LogP contribution in [0, 0.1) is 0 Å². The summed E-state index contributed by atoms with van der Waals surface area (Å²) in [5.41, 5.74) is 2.18. The molecule has 10 nitrogen and oxygen atoms in total. The number of hydrogen-bond donors (Lipinski definition) is 2. The summed E-state index contributed by atoms with van der Waals surface area (Å²) in [5.74, 6) is 1.16. The zero-order valence-electron chi connectivity index (χ0n) is 20.5. The molecule has 0 aliphatic heterocycles. The van der Waals surface area contributed by atoms with E-state index in [2.05, 4.69) is 25.2 Å². The normalized spacial score (nSPS) is 11.2. The number of thiazole rings is 1. The number of hydrogen-bond acceptors (Lipinski definition) is 9. The summed E-state index contributed by atoms with van der Waals surface area (Å²) in [7, 11) is -2.17. The number of rotatable bonds is 10. The fourth-order valence-corrected chi connectivity index (χ4v) is 6.13. The lowest BCUT2D eigenvalue weighted by Crippen LogP contribution is -2.15. The number of thioether (sulfide) groups is 1. The van der Waals surface area contributed by atoms with Gasteiger partial charge < -0.3 is 10.1 Å². The average molecular weight is 579 g/mol. The Balaban J connectivity index is 1.29. The van der Waals surface area contributed by atoms with Crippen LogP contribution >= 0.6 is 23.1 Å². The molecular formula is C26H22N6O4S3. The maximum absolute atomic E-state index is 12.7. The van der Waals surface area contributed by atoms with Crippen molar-refractivity contribution in [3.63, 3.8) is 0 Å². The van der Waals surface area contributed by atoms with Gasteiger partial charge in [-0.3, -0.25) is 14.1 Å². The molecule has 5 rings (SSSR count). The SMILES string of the molecule is COc1ccc(-n2c(SCC(=O)Nc3ccc(S(=O)(=O)Nc4nccs4)cc3)nnc2-c2ccccc2)cc1. The summed E-state index contributed by atoms with van der Waals surface area (Å²) in [6, 6.07) is 23.1. The first-order valence-electron chi connectivity index (χ1n) is 11.5. The van der Waals surface area contributed by atoms with Gasteiger partial charge in [0.05, 0.1) is 17.8 Å². The van der Waals surface area contributed by atoms with E-state index in [9.17, 15) is 13.2 Å². The average Bonchev–Trinajstić information content (AvgIpc) is 3.62. The van der Waals surface area contributed by atoms with Gasteiger partial charge in [-0.15, -0.1) is 21.5 Å². The molecule has 2 aromatic heterocycles. The number of anilines is 2. The second-order valence-corrected chi connectivity index (χ2v) is 11.5. The van der Waals surface area contributed by atoms with E-state index in [-0.39, 0.29) is 21.7 Å². The maximum Gasteiger partial charge on any atom is 0.263 e. The molecule has 198 valence electrons. The van der Waals surface area contributed by atoms with Crippen LogP contribution in [0.5, 0.6) is 5.75 Å². The number of nitrogens with zero attached hydrogens (tertiary/aromatic N) is 4. The first kappa shape index (κ1) is 26.4. The number of nitrogens with one attached hydrogen (secondary N) is 2. The zero-order chi connectivity index (χ0) is 27.2. The van der Waals surface area contributed by atoms with Gasteiger partial charge in [-0.25, -0.2) is 13.4 Å². The van der Waals surface area contributed by atoms with Gasteiger partial charge in [0.25, 0.3) is 10.0 Å². The van der Waals surface area contributed by atoms with E-state index in [0.717, 1.165) is 17.0 Å². The van der Waals surface area contributed by atoms with Crippen molar-refractivity contribution >= 4 is 49.8 Å². The van der Waals surface area contributed by atoms with Gasteiger partial charge in [0.1, 0.15) is 5.75 Å². The standard InChI is InChI=1S/C26H22N6O4S3/c1-36-21-11-9-20(10-12-21)32-24(18-5-3-2-4-6-18)29-30-26(32)38-17-23(33)28-19-7-13-22(14-8-19)39(34,35)31-25-27-15-16-37-25/h2-16H,17H2,1H3,(H,27,31)(H,28,33). The van der Waals surface area contributed by atoms with Crippen LogP contribution < -0.4 is 14.8 Å². The molecule has 1 amide bonds. The van der Waals surface area contributed by atoms with Crippen LogP contribution in [0.4, 0.5) is 10.8 Å². The lowest BCUT2D eigenvalue weighted by molar-refractivity contribution is -0.113. The van der Waals surface area contributed by atoms with Crippen LogP contribution in [0.25, 0.3) is 17.1 Å². The zero-order valence-corrected chi connectivity index (χ0v) is 23.0. The van der Waals surface area contributed by atoms with E-state index in [1.807, 2.05) is 59.2 Å². The summed E-state index contributed by atoms with van der Waals surface area (Å²) < 4.78 is 34.6. The number of carbonyl (C=O) groups excluding carboxylic acids is 1. The van der Waals surface area contributed by atoms with Gasteiger partial charge in [0.15, 0.2) is 16.1 Å². The third-order valence-corrected chi connectivity index (χ3v) is 8.53. The van der Waals surface area contributed by atoms with E-state index in [4.69, 9.17) is 4.74 Å². The predicted molar refractivity (Wildman–Crippen MR) is 152 cm³/mol. The highest BCUT2D eigenvalue weighted by molar-refractivity contribution is 7.99. The molecule has 0 bridgehead atoms. The monoisotopic (exact) mass is 578 g/mol. The van der Waals surface area contributed by atoms with E-state index in [1.54, 1.807) is 12.5 Å². The van der Waals surface area contributed by atoms with E-state index >= 15 is 0 Å². The largest absolute Gasteiger partial charge is 0.497 e. The third-order valence-electron chi connectivity index (χ3n) is 5.43. The Morgan fingerprint density at radius 3 is 2.41 bits per heavy atom. The molecule has 2 heterocycles. The van der Waals surface area contributed by atoms with Crippen molar-refractivity contribution in [3.8, 4) is 22.8 Å². The van der Waals surface area contributed by atoms with Crippen LogP contribution in [0.3, 0.4) is 0 Å². The quantitative estimate of drug-likeness (QED) is 0.223. The molecule has 39 heavy (non-hydrogen) atoms. The molecule has 0 fully saturated rings.